The molecule has 1 aromatic carbocycles. The van der Waals surface area contributed by atoms with E-state index in [2.05, 4.69) is 10.6 Å². The smallest absolute Gasteiger partial charge is 0.327 e. The predicted octanol–water partition coefficient (Wildman–Crippen LogP) is 1.65. The summed E-state index contributed by atoms with van der Waals surface area (Å²) in [5.74, 6) is 0. The summed E-state index contributed by atoms with van der Waals surface area (Å²) in [4.78, 5) is 24.4. The molecule has 0 saturated carbocycles. The number of nitrogens with one attached hydrogen (secondary N) is 2. The molecule has 3 rings (SSSR count). The number of carbonyl (C=O) groups excluding carboxylic acids is 2. The number of hydrogen-bond acceptors (Lipinski definition) is 2. The maximum atomic E-state index is 12.2. The van der Waals surface area contributed by atoms with E-state index in [-0.39, 0.29) is 12.1 Å². The summed E-state index contributed by atoms with van der Waals surface area (Å²) in [5, 5.41) is 8.61. The molecule has 0 radical (unpaired) electrons. The van der Waals surface area contributed by atoms with E-state index in [0.29, 0.717) is 5.69 Å². The summed E-state index contributed by atoms with van der Waals surface area (Å²) in [6.45, 7) is 5.62. The molecule has 19 heavy (non-hydrogen) atoms. The molecule has 0 aromatic heterocycles. The zero-order valence-electron chi connectivity index (χ0n) is 11.1. The van der Waals surface area contributed by atoms with Crippen LogP contribution in [0.5, 0.6) is 0 Å². The Morgan fingerprint density at radius 1 is 0.947 bits per heavy atom. The van der Waals surface area contributed by atoms with Gasteiger partial charge in [-0.05, 0) is 32.9 Å². The van der Waals surface area contributed by atoms with E-state index in [4.69, 9.17) is 0 Å². The van der Waals surface area contributed by atoms with Crippen molar-refractivity contribution in [1.29, 1.82) is 0 Å². The van der Waals surface area contributed by atoms with Crippen LogP contribution < -0.4 is 15.6 Å². The van der Waals surface area contributed by atoms with Gasteiger partial charge < -0.3 is 10.6 Å². The Balaban J connectivity index is 2.10. The molecule has 6 heteroatoms. The normalized spacial score (nSPS) is 28.2. The van der Waals surface area contributed by atoms with Gasteiger partial charge in [0.25, 0.3) is 0 Å². The summed E-state index contributed by atoms with van der Waals surface area (Å²) >= 11 is 0. The van der Waals surface area contributed by atoms with Crippen molar-refractivity contribution in [3.63, 3.8) is 0 Å². The second-order valence-electron chi connectivity index (χ2n) is 5.52. The van der Waals surface area contributed by atoms with Crippen LogP contribution in [-0.4, -0.2) is 28.3 Å². The highest BCUT2D eigenvalue weighted by atomic mass is 16.2. The van der Waals surface area contributed by atoms with Gasteiger partial charge in [0.15, 0.2) is 5.66 Å². The van der Waals surface area contributed by atoms with Crippen LogP contribution in [0.4, 0.5) is 15.3 Å². The first-order valence-corrected chi connectivity index (χ1v) is 6.16. The molecule has 0 spiro atoms. The lowest BCUT2D eigenvalue weighted by molar-refractivity contribution is 0.138. The van der Waals surface area contributed by atoms with E-state index >= 15 is 0 Å². The van der Waals surface area contributed by atoms with Crippen molar-refractivity contribution < 1.29 is 9.59 Å². The van der Waals surface area contributed by atoms with Gasteiger partial charge in [-0.3, -0.25) is 0 Å². The fraction of sp³-hybridized carbons (Fsp3) is 0.385. The third kappa shape index (κ3) is 1.36. The lowest BCUT2D eigenvalue weighted by atomic mass is 9.91. The largest absolute Gasteiger partial charge is 0.343 e. The standard InChI is InChI=1S/C13H16N4O2/c1-12(2)13(3)15-10(18)16(17(13)11(19)14-12)9-7-5-4-6-8-9/h4-8H,1-3H3,(H,14,19)(H,15,18). The van der Waals surface area contributed by atoms with E-state index in [1.807, 2.05) is 39.0 Å². The molecule has 2 fully saturated rings. The van der Waals surface area contributed by atoms with Crippen LogP contribution in [0.3, 0.4) is 0 Å². The molecule has 0 aliphatic carbocycles. The van der Waals surface area contributed by atoms with Crippen LogP contribution in [0.2, 0.25) is 0 Å². The Kier molecular flexibility index (Phi) is 2.12. The Morgan fingerprint density at radius 3 is 2.21 bits per heavy atom. The van der Waals surface area contributed by atoms with Crippen molar-refractivity contribution in [2.24, 2.45) is 0 Å². The highest BCUT2D eigenvalue weighted by Crippen LogP contribution is 2.39. The van der Waals surface area contributed by atoms with Crippen molar-refractivity contribution >= 4 is 17.7 Å². The topological polar surface area (TPSA) is 64.7 Å². The number of urea groups is 2. The fourth-order valence-electron chi connectivity index (χ4n) is 2.56. The summed E-state index contributed by atoms with van der Waals surface area (Å²) in [5.41, 5.74) is -0.670. The van der Waals surface area contributed by atoms with Crippen LogP contribution in [0, 0.1) is 0 Å². The number of hydrogen-bond donors (Lipinski definition) is 2. The van der Waals surface area contributed by atoms with Crippen molar-refractivity contribution in [3.05, 3.63) is 30.3 Å². The average molecular weight is 260 g/mol. The van der Waals surface area contributed by atoms with E-state index in [0.717, 1.165) is 0 Å². The predicted molar refractivity (Wildman–Crippen MR) is 70.3 cm³/mol. The number of benzene rings is 1. The molecule has 1 unspecified atom stereocenters. The molecule has 2 aliphatic heterocycles. The molecule has 1 atom stereocenters. The minimum atomic E-state index is -0.781. The Bertz CT molecular complexity index is 557. The molecule has 1 aromatic rings. The van der Waals surface area contributed by atoms with Gasteiger partial charge in [0.05, 0.1) is 11.2 Å². The Morgan fingerprint density at radius 2 is 1.58 bits per heavy atom. The van der Waals surface area contributed by atoms with Gasteiger partial charge in [-0.25, -0.2) is 9.59 Å². The van der Waals surface area contributed by atoms with E-state index < -0.39 is 11.2 Å². The molecule has 4 amide bonds. The van der Waals surface area contributed by atoms with Gasteiger partial charge in [0, 0.05) is 0 Å². The number of amides is 4. The number of fused-ring (bicyclic) bond motifs is 1. The first-order valence-electron chi connectivity index (χ1n) is 6.16. The molecular formula is C13H16N4O2. The van der Waals surface area contributed by atoms with E-state index in [9.17, 15) is 9.59 Å². The molecule has 2 heterocycles. The second kappa shape index (κ2) is 3.40. The number of para-hydroxylation sites is 1. The minimum absolute atomic E-state index is 0.283. The Labute approximate surface area is 111 Å². The van der Waals surface area contributed by atoms with Crippen LogP contribution in [0.25, 0.3) is 0 Å². The lowest BCUT2D eigenvalue weighted by Gasteiger charge is -2.36. The van der Waals surface area contributed by atoms with Gasteiger partial charge in [0.2, 0.25) is 0 Å². The zero-order valence-corrected chi connectivity index (χ0v) is 11.1. The van der Waals surface area contributed by atoms with Gasteiger partial charge in [0.1, 0.15) is 0 Å². The van der Waals surface area contributed by atoms with E-state index in [1.165, 1.54) is 10.0 Å². The lowest BCUT2D eigenvalue weighted by Crippen LogP contribution is -2.60. The van der Waals surface area contributed by atoms with E-state index in [1.54, 1.807) is 12.1 Å². The number of rotatable bonds is 1. The fourth-order valence-corrected chi connectivity index (χ4v) is 2.56. The highest BCUT2D eigenvalue weighted by Gasteiger charge is 2.63. The molecular weight excluding hydrogens is 244 g/mol. The number of anilines is 1. The maximum Gasteiger partial charge on any atom is 0.343 e. The quantitative estimate of drug-likeness (QED) is 0.806. The molecule has 2 N–H and O–H groups in total. The highest BCUT2D eigenvalue weighted by molar-refractivity contribution is 6.00. The van der Waals surface area contributed by atoms with Crippen LogP contribution in [0.15, 0.2) is 30.3 Å². The third-order valence-corrected chi connectivity index (χ3v) is 4.00. The monoisotopic (exact) mass is 260 g/mol. The molecule has 6 nitrogen and oxygen atoms in total. The average Bonchev–Trinajstić information content (AvgIpc) is 2.70. The SMILES string of the molecule is CC1(C)NC(=O)N2N(c3ccccc3)C(=O)NC21C. The summed E-state index contributed by atoms with van der Waals surface area (Å²) in [6, 6.07) is 8.54. The molecule has 2 aliphatic rings. The van der Waals surface area contributed by atoms with Gasteiger partial charge >= 0.3 is 12.1 Å². The first-order chi connectivity index (χ1) is 8.87. The molecule has 0 bridgehead atoms. The maximum absolute atomic E-state index is 12.2. The van der Waals surface area contributed by atoms with Crippen molar-refractivity contribution in [3.8, 4) is 0 Å². The van der Waals surface area contributed by atoms with Crippen LogP contribution >= 0.6 is 0 Å². The summed E-state index contributed by atoms with van der Waals surface area (Å²) in [7, 11) is 0. The van der Waals surface area contributed by atoms with Gasteiger partial charge in [-0.15, -0.1) is 0 Å². The first kappa shape index (κ1) is 11.8. The summed E-state index contributed by atoms with van der Waals surface area (Å²) < 4.78 is 0. The summed E-state index contributed by atoms with van der Waals surface area (Å²) in [6.07, 6.45) is 0. The third-order valence-electron chi connectivity index (χ3n) is 4.00. The van der Waals surface area contributed by atoms with Crippen LogP contribution in [0.1, 0.15) is 20.8 Å². The molecule has 100 valence electrons. The zero-order chi connectivity index (χ0) is 13.8. The number of hydrazine groups is 1. The van der Waals surface area contributed by atoms with Crippen LogP contribution in [-0.2, 0) is 0 Å². The number of nitrogens with zero attached hydrogens (tertiary/aromatic N) is 2. The number of carbonyl (C=O) groups is 2. The van der Waals surface area contributed by atoms with Crippen molar-refractivity contribution in [2.75, 3.05) is 5.01 Å². The minimum Gasteiger partial charge on any atom is -0.327 e. The van der Waals surface area contributed by atoms with Gasteiger partial charge in [-0.1, -0.05) is 18.2 Å². The van der Waals surface area contributed by atoms with Crippen molar-refractivity contribution in [1.82, 2.24) is 15.6 Å². The van der Waals surface area contributed by atoms with Crippen molar-refractivity contribution in [2.45, 2.75) is 32.0 Å². The Hall–Kier alpha value is -2.24. The second-order valence-corrected chi connectivity index (χ2v) is 5.52. The molecule has 2 saturated heterocycles. The van der Waals surface area contributed by atoms with Gasteiger partial charge in [-0.2, -0.15) is 10.0 Å².